The van der Waals surface area contributed by atoms with Crippen molar-refractivity contribution < 1.29 is 4.79 Å². The van der Waals surface area contributed by atoms with E-state index in [0.717, 1.165) is 18.9 Å². The van der Waals surface area contributed by atoms with Crippen LogP contribution in [0.3, 0.4) is 0 Å². The number of anilines is 1. The number of hydrogen-bond acceptors (Lipinski definition) is 4. The molecule has 0 radical (unpaired) electrons. The van der Waals surface area contributed by atoms with E-state index in [9.17, 15) is 4.79 Å². The molecule has 1 amide bonds. The zero-order chi connectivity index (χ0) is 13.0. The summed E-state index contributed by atoms with van der Waals surface area (Å²) in [5.74, 6) is 0.837. The van der Waals surface area contributed by atoms with Crippen LogP contribution in [-0.4, -0.2) is 47.0 Å². The van der Waals surface area contributed by atoms with Gasteiger partial charge in [-0.3, -0.25) is 4.79 Å². The Kier molecular flexibility index (Phi) is 4.12. The standard InChI is InChI=1S/C13H20N4O/c1-3-16(4-2)13(18)11-9-15-12(10-14-11)17-7-5-6-8-17/h9-10H,3-8H2,1-2H3. The van der Waals surface area contributed by atoms with Gasteiger partial charge in [-0.2, -0.15) is 0 Å². The van der Waals surface area contributed by atoms with Gasteiger partial charge in [0, 0.05) is 26.2 Å². The molecule has 0 atom stereocenters. The Morgan fingerprint density at radius 3 is 2.39 bits per heavy atom. The molecule has 1 saturated heterocycles. The van der Waals surface area contributed by atoms with E-state index in [0.29, 0.717) is 18.8 Å². The minimum atomic E-state index is -0.0412. The van der Waals surface area contributed by atoms with Gasteiger partial charge in [-0.05, 0) is 26.7 Å². The van der Waals surface area contributed by atoms with Crippen molar-refractivity contribution in [3.8, 4) is 0 Å². The van der Waals surface area contributed by atoms with Crippen molar-refractivity contribution in [2.45, 2.75) is 26.7 Å². The van der Waals surface area contributed by atoms with Crippen LogP contribution in [0.2, 0.25) is 0 Å². The van der Waals surface area contributed by atoms with Crippen molar-refractivity contribution in [3.63, 3.8) is 0 Å². The van der Waals surface area contributed by atoms with Gasteiger partial charge in [0.25, 0.3) is 5.91 Å². The van der Waals surface area contributed by atoms with Gasteiger partial charge < -0.3 is 9.80 Å². The van der Waals surface area contributed by atoms with Gasteiger partial charge in [-0.25, -0.2) is 9.97 Å². The third kappa shape index (κ3) is 2.60. The molecule has 0 unspecified atom stereocenters. The van der Waals surface area contributed by atoms with Crippen LogP contribution in [0.1, 0.15) is 37.2 Å². The Labute approximate surface area is 108 Å². The summed E-state index contributed by atoms with van der Waals surface area (Å²) < 4.78 is 0. The summed E-state index contributed by atoms with van der Waals surface area (Å²) in [6.45, 7) is 7.41. The molecule has 1 aliphatic heterocycles. The first kappa shape index (κ1) is 12.8. The second-order valence-electron chi connectivity index (χ2n) is 4.43. The lowest BCUT2D eigenvalue weighted by Crippen LogP contribution is -2.31. The molecule has 0 spiro atoms. The lowest BCUT2D eigenvalue weighted by atomic mass is 10.3. The van der Waals surface area contributed by atoms with Crippen molar-refractivity contribution in [2.75, 3.05) is 31.1 Å². The highest BCUT2D eigenvalue weighted by molar-refractivity contribution is 5.92. The fourth-order valence-corrected chi connectivity index (χ4v) is 2.21. The molecule has 18 heavy (non-hydrogen) atoms. The van der Waals surface area contributed by atoms with E-state index in [-0.39, 0.29) is 5.91 Å². The Morgan fingerprint density at radius 1 is 1.22 bits per heavy atom. The van der Waals surface area contributed by atoms with Crippen molar-refractivity contribution in [2.24, 2.45) is 0 Å². The van der Waals surface area contributed by atoms with E-state index in [1.54, 1.807) is 17.3 Å². The number of carbonyl (C=O) groups excluding carboxylic acids is 1. The Balaban J connectivity index is 2.09. The molecule has 2 heterocycles. The molecule has 1 fully saturated rings. The van der Waals surface area contributed by atoms with E-state index in [2.05, 4.69) is 14.9 Å². The summed E-state index contributed by atoms with van der Waals surface area (Å²) in [5, 5.41) is 0. The summed E-state index contributed by atoms with van der Waals surface area (Å²) >= 11 is 0. The maximum absolute atomic E-state index is 12.0. The summed E-state index contributed by atoms with van der Waals surface area (Å²) in [6, 6.07) is 0. The quantitative estimate of drug-likeness (QED) is 0.811. The number of rotatable bonds is 4. The maximum atomic E-state index is 12.0. The van der Waals surface area contributed by atoms with Crippen LogP contribution in [0.25, 0.3) is 0 Å². The Bertz CT molecular complexity index is 394. The van der Waals surface area contributed by atoms with Crippen molar-refractivity contribution in [1.29, 1.82) is 0 Å². The molecule has 1 aliphatic rings. The van der Waals surface area contributed by atoms with Crippen LogP contribution in [-0.2, 0) is 0 Å². The predicted molar refractivity (Wildman–Crippen MR) is 70.7 cm³/mol. The van der Waals surface area contributed by atoms with E-state index < -0.39 is 0 Å². The minimum absolute atomic E-state index is 0.0412. The summed E-state index contributed by atoms with van der Waals surface area (Å²) in [7, 11) is 0. The van der Waals surface area contributed by atoms with Crippen molar-refractivity contribution >= 4 is 11.7 Å². The highest BCUT2D eigenvalue weighted by Gasteiger charge is 2.17. The number of nitrogens with zero attached hydrogens (tertiary/aromatic N) is 4. The monoisotopic (exact) mass is 248 g/mol. The fourth-order valence-electron chi connectivity index (χ4n) is 2.21. The van der Waals surface area contributed by atoms with Crippen molar-refractivity contribution in [1.82, 2.24) is 14.9 Å². The molecular weight excluding hydrogens is 228 g/mol. The average Bonchev–Trinajstić information content (AvgIpc) is 2.94. The van der Waals surface area contributed by atoms with E-state index >= 15 is 0 Å². The van der Waals surface area contributed by atoms with Gasteiger partial charge in [0.05, 0.1) is 12.4 Å². The third-order valence-electron chi connectivity index (χ3n) is 3.34. The molecule has 5 heteroatoms. The van der Waals surface area contributed by atoms with Crippen LogP contribution in [0.4, 0.5) is 5.82 Å². The van der Waals surface area contributed by atoms with Crippen LogP contribution in [0, 0.1) is 0 Å². The lowest BCUT2D eigenvalue weighted by molar-refractivity contribution is 0.0766. The van der Waals surface area contributed by atoms with E-state index in [1.807, 2.05) is 13.8 Å². The summed E-state index contributed by atoms with van der Waals surface area (Å²) in [5.41, 5.74) is 0.432. The average molecular weight is 248 g/mol. The van der Waals surface area contributed by atoms with E-state index in [4.69, 9.17) is 0 Å². The number of amides is 1. The molecule has 98 valence electrons. The predicted octanol–water partition coefficient (Wildman–Crippen LogP) is 1.56. The normalized spacial score (nSPS) is 14.9. The third-order valence-corrected chi connectivity index (χ3v) is 3.34. The van der Waals surface area contributed by atoms with Gasteiger partial charge in [-0.15, -0.1) is 0 Å². The highest BCUT2D eigenvalue weighted by Crippen LogP contribution is 2.16. The van der Waals surface area contributed by atoms with E-state index in [1.165, 1.54) is 12.8 Å². The van der Waals surface area contributed by atoms with Crippen LogP contribution < -0.4 is 4.90 Å². The van der Waals surface area contributed by atoms with Gasteiger partial charge in [0.1, 0.15) is 11.5 Å². The zero-order valence-electron chi connectivity index (χ0n) is 11.1. The van der Waals surface area contributed by atoms with Gasteiger partial charge in [0.2, 0.25) is 0 Å². The SMILES string of the molecule is CCN(CC)C(=O)c1cnc(N2CCCC2)cn1. The fraction of sp³-hybridized carbons (Fsp3) is 0.615. The summed E-state index contributed by atoms with van der Waals surface area (Å²) in [4.78, 5) is 24.6. The molecule has 0 aromatic carbocycles. The van der Waals surface area contributed by atoms with Crippen molar-refractivity contribution in [3.05, 3.63) is 18.1 Å². The van der Waals surface area contributed by atoms with Gasteiger partial charge >= 0.3 is 0 Å². The lowest BCUT2D eigenvalue weighted by Gasteiger charge is -2.19. The largest absolute Gasteiger partial charge is 0.355 e. The summed E-state index contributed by atoms with van der Waals surface area (Å²) in [6.07, 6.45) is 5.72. The number of hydrogen-bond donors (Lipinski definition) is 0. The Hall–Kier alpha value is -1.65. The topological polar surface area (TPSA) is 49.3 Å². The Morgan fingerprint density at radius 2 is 1.89 bits per heavy atom. The second-order valence-corrected chi connectivity index (χ2v) is 4.43. The van der Waals surface area contributed by atoms with Gasteiger partial charge in [0.15, 0.2) is 0 Å². The number of aromatic nitrogens is 2. The first-order valence-electron chi connectivity index (χ1n) is 6.62. The molecule has 0 aliphatic carbocycles. The number of carbonyl (C=O) groups is 1. The molecule has 1 aromatic rings. The first-order chi connectivity index (χ1) is 8.76. The maximum Gasteiger partial charge on any atom is 0.274 e. The molecule has 0 bridgehead atoms. The molecule has 0 saturated carbocycles. The first-order valence-corrected chi connectivity index (χ1v) is 6.62. The second kappa shape index (κ2) is 5.80. The van der Waals surface area contributed by atoms with Crippen LogP contribution in [0.5, 0.6) is 0 Å². The van der Waals surface area contributed by atoms with Crippen LogP contribution >= 0.6 is 0 Å². The minimum Gasteiger partial charge on any atom is -0.355 e. The molecule has 1 aromatic heterocycles. The smallest absolute Gasteiger partial charge is 0.274 e. The zero-order valence-corrected chi connectivity index (χ0v) is 11.1. The van der Waals surface area contributed by atoms with Gasteiger partial charge in [-0.1, -0.05) is 0 Å². The molecule has 2 rings (SSSR count). The van der Waals surface area contributed by atoms with Crippen LogP contribution in [0.15, 0.2) is 12.4 Å². The molecule has 5 nitrogen and oxygen atoms in total. The highest BCUT2D eigenvalue weighted by atomic mass is 16.2. The molecular formula is C13H20N4O. The molecule has 0 N–H and O–H groups in total.